The second kappa shape index (κ2) is 8.31. The average Bonchev–Trinajstić information content (AvgIpc) is 3.10. The van der Waals surface area contributed by atoms with Crippen molar-refractivity contribution in [1.29, 1.82) is 0 Å². The van der Waals surface area contributed by atoms with Gasteiger partial charge in [0.05, 0.1) is 12.3 Å². The van der Waals surface area contributed by atoms with Crippen LogP contribution in [0.1, 0.15) is 42.4 Å². The third-order valence-corrected chi connectivity index (χ3v) is 5.76. The Balaban J connectivity index is 1.47. The molecular weight excluding hydrogens is 374 g/mol. The Bertz CT molecular complexity index is 940. The van der Waals surface area contributed by atoms with Gasteiger partial charge in [0.2, 0.25) is 5.91 Å². The third-order valence-electron chi connectivity index (χ3n) is 5.76. The number of aryl methyl sites for hydroxylation is 1. The maximum absolute atomic E-state index is 14.2. The molecule has 0 aromatic heterocycles. The fraction of sp³-hybridized carbons (Fsp3) is 0.391. The lowest BCUT2D eigenvalue weighted by Crippen LogP contribution is -2.42. The number of nitrogens with zero attached hydrogens (tertiary/aromatic N) is 2. The fourth-order valence-electron chi connectivity index (χ4n) is 3.83. The molecule has 152 valence electrons. The van der Waals surface area contributed by atoms with E-state index in [4.69, 9.17) is 4.84 Å². The highest BCUT2D eigenvalue weighted by Crippen LogP contribution is 2.30. The van der Waals surface area contributed by atoms with Gasteiger partial charge in [-0.25, -0.2) is 8.78 Å². The van der Waals surface area contributed by atoms with Crippen molar-refractivity contribution in [3.05, 3.63) is 70.8 Å². The molecular formula is C23H24F2N2O2. The summed E-state index contributed by atoms with van der Waals surface area (Å²) in [6.45, 7) is 2.45. The summed E-state index contributed by atoms with van der Waals surface area (Å²) in [7, 11) is 0. The topological polar surface area (TPSA) is 41.9 Å². The molecule has 2 aliphatic rings. The van der Waals surface area contributed by atoms with Crippen LogP contribution in [-0.2, 0) is 16.2 Å². The highest BCUT2D eigenvalue weighted by molar-refractivity contribution is 6.02. The third kappa shape index (κ3) is 4.31. The summed E-state index contributed by atoms with van der Waals surface area (Å²) < 4.78 is 27.4. The summed E-state index contributed by atoms with van der Waals surface area (Å²) in [6.07, 6.45) is 3.06. The van der Waals surface area contributed by atoms with E-state index in [9.17, 15) is 13.6 Å². The molecule has 0 radical (unpaired) electrons. The summed E-state index contributed by atoms with van der Waals surface area (Å²) in [5.41, 5.74) is 3.32. The molecule has 1 heterocycles. The van der Waals surface area contributed by atoms with E-state index in [2.05, 4.69) is 5.16 Å². The zero-order valence-electron chi connectivity index (χ0n) is 16.4. The maximum Gasteiger partial charge on any atom is 0.226 e. The molecule has 4 nitrogen and oxygen atoms in total. The van der Waals surface area contributed by atoms with Crippen LogP contribution in [0, 0.1) is 24.5 Å². The molecule has 1 amide bonds. The predicted molar refractivity (Wildman–Crippen MR) is 106 cm³/mol. The van der Waals surface area contributed by atoms with Gasteiger partial charge in [-0.15, -0.1) is 0 Å². The number of carbonyl (C=O) groups excluding carboxylic acids is 1. The first kappa shape index (κ1) is 19.6. The second-order valence-electron chi connectivity index (χ2n) is 7.87. The van der Waals surface area contributed by atoms with Gasteiger partial charge in [-0.2, -0.15) is 0 Å². The molecule has 1 fully saturated rings. The standard InChI is InChI=1S/C23H24F2N2O2/c1-15-5-2-3-8-20(15)22-12-19(29-26-22)14-27(23(28)16-6-4-7-16)13-17-9-10-18(24)11-21(17)25/h2-3,5,8-11,16,19H,4,6-7,12-14H2,1H3/t19-/m1/s1. The van der Waals surface area contributed by atoms with E-state index in [-0.39, 0.29) is 24.5 Å². The van der Waals surface area contributed by atoms with Crippen molar-refractivity contribution in [2.45, 2.75) is 45.3 Å². The number of hydrogen-bond donors (Lipinski definition) is 0. The Hall–Kier alpha value is -2.76. The first-order valence-electron chi connectivity index (χ1n) is 10.0. The minimum Gasteiger partial charge on any atom is -0.390 e. The molecule has 0 bridgehead atoms. The van der Waals surface area contributed by atoms with Crippen LogP contribution in [0.4, 0.5) is 8.78 Å². The lowest BCUT2D eigenvalue weighted by molar-refractivity contribution is -0.140. The molecule has 2 aromatic rings. The van der Waals surface area contributed by atoms with Crippen molar-refractivity contribution >= 4 is 11.6 Å². The zero-order valence-corrected chi connectivity index (χ0v) is 16.4. The quantitative estimate of drug-likeness (QED) is 0.714. The monoisotopic (exact) mass is 398 g/mol. The van der Waals surface area contributed by atoms with E-state index in [1.165, 1.54) is 12.1 Å². The van der Waals surface area contributed by atoms with Gasteiger partial charge in [-0.05, 0) is 31.4 Å². The van der Waals surface area contributed by atoms with Gasteiger partial charge in [0.1, 0.15) is 11.6 Å². The first-order chi connectivity index (χ1) is 14.0. The largest absolute Gasteiger partial charge is 0.390 e. The minimum absolute atomic E-state index is 0.00733. The number of oxime groups is 1. The number of carbonyl (C=O) groups is 1. The normalized spacial score (nSPS) is 18.7. The van der Waals surface area contributed by atoms with Crippen LogP contribution < -0.4 is 0 Å². The summed E-state index contributed by atoms with van der Waals surface area (Å²) in [5.74, 6) is -1.27. The number of amides is 1. The highest BCUT2D eigenvalue weighted by Gasteiger charge is 2.33. The van der Waals surface area contributed by atoms with Crippen LogP contribution in [0.15, 0.2) is 47.6 Å². The molecule has 29 heavy (non-hydrogen) atoms. The smallest absolute Gasteiger partial charge is 0.226 e. The van der Waals surface area contributed by atoms with Crippen LogP contribution in [0.2, 0.25) is 0 Å². The van der Waals surface area contributed by atoms with Gasteiger partial charge in [-0.3, -0.25) is 4.79 Å². The van der Waals surface area contributed by atoms with Crippen LogP contribution in [-0.4, -0.2) is 29.2 Å². The van der Waals surface area contributed by atoms with Crippen molar-refractivity contribution in [3.63, 3.8) is 0 Å². The molecule has 0 N–H and O–H groups in total. The van der Waals surface area contributed by atoms with Crippen molar-refractivity contribution in [2.24, 2.45) is 11.1 Å². The van der Waals surface area contributed by atoms with Gasteiger partial charge in [0.15, 0.2) is 6.10 Å². The lowest BCUT2D eigenvalue weighted by atomic mass is 9.84. The van der Waals surface area contributed by atoms with E-state index < -0.39 is 11.6 Å². The van der Waals surface area contributed by atoms with Crippen molar-refractivity contribution in [3.8, 4) is 0 Å². The zero-order chi connectivity index (χ0) is 20.4. The Morgan fingerprint density at radius 2 is 2.00 bits per heavy atom. The molecule has 0 spiro atoms. The van der Waals surface area contributed by atoms with Crippen molar-refractivity contribution < 1.29 is 18.4 Å². The molecule has 0 unspecified atom stereocenters. The number of hydrogen-bond acceptors (Lipinski definition) is 3. The maximum atomic E-state index is 14.2. The van der Waals surface area contributed by atoms with Gasteiger partial charge < -0.3 is 9.74 Å². The molecule has 2 aromatic carbocycles. The summed E-state index contributed by atoms with van der Waals surface area (Å²) in [6, 6.07) is 11.4. The molecule has 0 saturated heterocycles. The van der Waals surface area contributed by atoms with Crippen molar-refractivity contribution in [1.82, 2.24) is 4.90 Å². The molecule has 4 rings (SSSR count). The van der Waals surface area contributed by atoms with Gasteiger partial charge in [0.25, 0.3) is 0 Å². The molecule has 1 atom stereocenters. The van der Waals surface area contributed by atoms with Crippen LogP contribution in [0.3, 0.4) is 0 Å². The van der Waals surface area contributed by atoms with Crippen LogP contribution >= 0.6 is 0 Å². The number of rotatable bonds is 6. The highest BCUT2D eigenvalue weighted by atomic mass is 19.1. The summed E-state index contributed by atoms with van der Waals surface area (Å²) >= 11 is 0. The lowest BCUT2D eigenvalue weighted by Gasteiger charge is -2.32. The summed E-state index contributed by atoms with van der Waals surface area (Å²) in [5, 5.41) is 4.23. The predicted octanol–water partition coefficient (Wildman–Crippen LogP) is 4.60. The number of benzene rings is 2. The Kier molecular flexibility index (Phi) is 5.60. The van der Waals surface area contributed by atoms with E-state index in [1.807, 2.05) is 31.2 Å². The SMILES string of the molecule is Cc1ccccc1C1=NO[C@@H](CN(Cc2ccc(F)cc2F)C(=O)C2CCC2)C1. The molecule has 1 aliphatic carbocycles. The average molecular weight is 398 g/mol. The molecule has 6 heteroatoms. The fourth-order valence-corrected chi connectivity index (χ4v) is 3.83. The van der Waals surface area contributed by atoms with Crippen LogP contribution in [0.5, 0.6) is 0 Å². The minimum atomic E-state index is -0.638. The van der Waals surface area contributed by atoms with E-state index in [1.54, 1.807) is 4.90 Å². The second-order valence-corrected chi connectivity index (χ2v) is 7.87. The molecule has 1 aliphatic heterocycles. The van der Waals surface area contributed by atoms with Gasteiger partial charge in [-0.1, -0.05) is 41.9 Å². The van der Waals surface area contributed by atoms with Crippen LogP contribution in [0.25, 0.3) is 0 Å². The van der Waals surface area contributed by atoms with Gasteiger partial charge in [0, 0.05) is 36.1 Å². The molecule has 1 saturated carbocycles. The summed E-state index contributed by atoms with van der Waals surface area (Å²) in [4.78, 5) is 20.2. The Labute approximate surface area is 169 Å². The van der Waals surface area contributed by atoms with Crippen molar-refractivity contribution in [2.75, 3.05) is 6.54 Å². The van der Waals surface area contributed by atoms with E-state index in [0.29, 0.717) is 18.5 Å². The first-order valence-corrected chi connectivity index (χ1v) is 10.0. The van der Waals surface area contributed by atoms with E-state index >= 15 is 0 Å². The Morgan fingerprint density at radius 3 is 2.69 bits per heavy atom. The van der Waals surface area contributed by atoms with Gasteiger partial charge >= 0.3 is 0 Å². The van der Waals surface area contributed by atoms with E-state index in [0.717, 1.165) is 42.2 Å². The number of halogens is 2. The Morgan fingerprint density at radius 1 is 1.21 bits per heavy atom.